The topological polar surface area (TPSA) is 87.9 Å². The SMILES string of the molecule is O=C(C1CC1)N1CCN(S(=O)(=O)c2ccc3oc(=O)ccc3c2)CC1. The Hall–Kier alpha value is -2.19. The highest BCUT2D eigenvalue weighted by atomic mass is 32.2. The Balaban J connectivity index is 1.54. The average molecular weight is 362 g/mol. The Bertz CT molecular complexity index is 986. The quantitative estimate of drug-likeness (QED) is 0.761. The molecule has 2 aliphatic rings. The van der Waals surface area contributed by atoms with E-state index in [-0.39, 0.29) is 16.7 Å². The fourth-order valence-electron chi connectivity index (χ4n) is 3.10. The Morgan fingerprint density at radius 3 is 2.44 bits per heavy atom. The van der Waals surface area contributed by atoms with Gasteiger partial charge in [0.1, 0.15) is 5.58 Å². The molecule has 0 spiro atoms. The zero-order chi connectivity index (χ0) is 17.6. The van der Waals surface area contributed by atoms with E-state index in [1.807, 2.05) is 0 Å². The fourth-order valence-corrected chi connectivity index (χ4v) is 4.55. The first-order valence-corrected chi connectivity index (χ1v) is 9.72. The summed E-state index contributed by atoms with van der Waals surface area (Å²) in [6.45, 7) is 1.44. The van der Waals surface area contributed by atoms with Crippen molar-refractivity contribution in [3.8, 4) is 0 Å². The van der Waals surface area contributed by atoms with Gasteiger partial charge in [0.15, 0.2) is 0 Å². The van der Waals surface area contributed by atoms with Gasteiger partial charge in [-0.2, -0.15) is 4.31 Å². The molecule has 2 aromatic rings. The summed E-state index contributed by atoms with van der Waals surface area (Å²) in [4.78, 5) is 25.2. The van der Waals surface area contributed by atoms with E-state index in [1.54, 1.807) is 11.0 Å². The van der Waals surface area contributed by atoms with Crippen LogP contribution in [0.2, 0.25) is 0 Å². The molecule has 25 heavy (non-hydrogen) atoms. The predicted octanol–water partition coefficient (Wildman–Crippen LogP) is 1.04. The smallest absolute Gasteiger partial charge is 0.336 e. The zero-order valence-electron chi connectivity index (χ0n) is 13.6. The summed E-state index contributed by atoms with van der Waals surface area (Å²) in [5, 5.41) is 0.559. The summed E-state index contributed by atoms with van der Waals surface area (Å²) in [6.07, 6.45) is 1.90. The van der Waals surface area contributed by atoms with Crippen molar-refractivity contribution in [3.63, 3.8) is 0 Å². The number of nitrogens with zero attached hydrogens (tertiary/aromatic N) is 2. The molecule has 8 heteroatoms. The van der Waals surface area contributed by atoms with E-state index in [1.165, 1.54) is 28.6 Å². The van der Waals surface area contributed by atoms with Crippen LogP contribution in [-0.4, -0.2) is 49.7 Å². The molecule has 4 rings (SSSR count). The standard InChI is InChI=1S/C17H18N2O5S/c20-16-6-3-13-11-14(4-5-15(13)24-16)25(22,23)19-9-7-18(8-10-19)17(21)12-1-2-12/h3-6,11-12H,1-2,7-10H2. The van der Waals surface area contributed by atoms with Crippen LogP contribution in [0.15, 0.2) is 44.4 Å². The van der Waals surface area contributed by atoms with Crippen molar-refractivity contribution in [3.05, 3.63) is 40.8 Å². The monoisotopic (exact) mass is 362 g/mol. The maximum atomic E-state index is 12.9. The van der Waals surface area contributed by atoms with Crippen molar-refractivity contribution >= 4 is 26.9 Å². The van der Waals surface area contributed by atoms with E-state index in [0.717, 1.165) is 12.8 Å². The number of fused-ring (bicyclic) bond motifs is 1. The van der Waals surface area contributed by atoms with Gasteiger partial charge in [-0.05, 0) is 37.1 Å². The molecule has 0 N–H and O–H groups in total. The molecule has 1 aromatic carbocycles. The first-order chi connectivity index (χ1) is 11.9. The third-order valence-electron chi connectivity index (χ3n) is 4.71. The van der Waals surface area contributed by atoms with Crippen LogP contribution in [0.5, 0.6) is 0 Å². The van der Waals surface area contributed by atoms with Crippen molar-refractivity contribution in [2.24, 2.45) is 5.92 Å². The summed E-state index contributed by atoms with van der Waals surface area (Å²) in [5.41, 5.74) is -0.120. The van der Waals surface area contributed by atoms with Crippen LogP contribution in [0.1, 0.15) is 12.8 Å². The minimum absolute atomic E-state index is 0.151. The number of hydrogen-bond donors (Lipinski definition) is 0. The van der Waals surface area contributed by atoms with Crippen molar-refractivity contribution in [2.45, 2.75) is 17.7 Å². The Kier molecular flexibility index (Phi) is 3.88. The maximum absolute atomic E-state index is 12.9. The fraction of sp³-hybridized carbons (Fsp3) is 0.412. The van der Waals surface area contributed by atoms with Gasteiger partial charge in [0, 0.05) is 43.5 Å². The van der Waals surface area contributed by atoms with Gasteiger partial charge < -0.3 is 9.32 Å². The summed E-state index contributed by atoms with van der Waals surface area (Å²) in [7, 11) is -3.64. The van der Waals surface area contributed by atoms with Crippen molar-refractivity contribution < 1.29 is 17.6 Å². The number of rotatable bonds is 3. The van der Waals surface area contributed by atoms with E-state index in [0.29, 0.717) is 37.1 Å². The lowest BCUT2D eigenvalue weighted by Crippen LogP contribution is -2.50. The molecular weight excluding hydrogens is 344 g/mol. The third kappa shape index (κ3) is 3.07. The van der Waals surface area contributed by atoms with Crippen molar-refractivity contribution in [1.82, 2.24) is 9.21 Å². The number of carbonyl (C=O) groups excluding carboxylic acids is 1. The van der Waals surface area contributed by atoms with Gasteiger partial charge in [-0.3, -0.25) is 4.79 Å². The molecule has 0 radical (unpaired) electrons. The van der Waals surface area contributed by atoms with Crippen LogP contribution in [0.25, 0.3) is 11.0 Å². The molecule has 7 nitrogen and oxygen atoms in total. The van der Waals surface area contributed by atoms with Crippen LogP contribution in [0, 0.1) is 5.92 Å². The van der Waals surface area contributed by atoms with Gasteiger partial charge in [0.05, 0.1) is 4.90 Å². The molecule has 2 heterocycles. The second kappa shape index (κ2) is 5.96. The van der Waals surface area contributed by atoms with E-state index in [2.05, 4.69) is 0 Å². The van der Waals surface area contributed by atoms with E-state index < -0.39 is 15.6 Å². The molecule has 1 aliphatic carbocycles. The Morgan fingerprint density at radius 1 is 1.04 bits per heavy atom. The number of carbonyl (C=O) groups is 1. The van der Waals surface area contributed by atoms with E-state index in [4.69, 9.17) is 4.42 Å². The highest BCUT2D eigenvalue weighted by molar-refractivity contribution is 7.89. The summed E-state index contributed by atoms with van der Waals surface area (Å²) in [5.74, 6) is 0.302. The molecule has 0 atom stereocenters. The first kappa shape index (κ1) is 16.3. The lowest BCUT2D eigenvalue weighted by atomic mass is 10.2. The molecule has 1 amide bonds. The number of sulfonamides is 1. The molecule has 1 aliphatic heterocycles. The average Bonchev–Trinajstić information content (AvgIpc) is 3.46. The van der Waals surface area contributed by atoms with Gasteiger partial charge in [0.25, 0.3) is 0 Å². The molecule has 1 aromatic heterocycles. The lowest BCUT2D eigenvalue weighted by Gasteiger charge is -2.34. The zero-order valence-corrected chi connectivity index (χ0v) is 14.4. The van der Waals surface area contributed by atoms with Crippen molar-refractivity contribution in [2.75, 3.05) is 26.2 Å². The molecule has 1 saturated heterocycles. The molecule has 2 fully saturated rings. The van der Waals surface area contributed by atoms with E-state index in [9.17, 15) is 18.0 Å². The summed E-state index contributed by atoms with van der Waals surface area (Å²) in [6, 6.07) is 7.27. The molecule has 132 valence electrons. The second-order valence-corrected chi connectivity index (χ2v) is 8.40. The molecule has 0 unspecified atom stereocenters. The third-order valence-corrected chi connectivity index (χ3v) is 6.60. The second-order valence-electron chi connectivity index (χ2n) is 6.46. The molecule has 0 bridgehead atoms. The highest BCUT2D eigenvalue weighted by Crippen LogP contribution is 2.31. The van der Waals surface area contributed by atoms with Crippen LogP contribution in [0.4, 0.5) is 0 Å². The van der Waals surface area contributed by atoms with Crippen molar-refractivity contribution in [1.29, 1.82) is 0 Å². The largest absolute Gasteiger partial charge is 0.423 e. The van der Waals surface area contributed by atoms with Gasteiger partial charge in [-0.15, -0.1) is 0 Å². The van der Waals surface area contributed by atoms with Gasteiger partial charge >= 0.3 is 5.63 Å². The maximum Gasteiger partial charge on any atom is 0.336 e. The van der Waals surface area contributed by atoms with Gasteiger partial charge in [-0.25, -0.2) is 13.2 Å². The number of piperazine rings is 1. The lowest BCUT2D eigenvalue weighted by molar-refractivity contribution is -0.133. The normalized spacial score (nSPS) is 19.3. The Morgan fingerprint density at radius 2 is 1.76 bits per heavy atom. The predicted molar refractivity (Wildman–Crippen MR) is 90.5 cm³/mol. The number of hydrogen-bond acceptors (Lipinski definition) is 5. The van der Waals surface area contributed by atoms with Crippen LogP contribution in [0.3, 0.4) is 0 Å². The first-order valence-electron chi connectivity index (χ1n) is 8.28. The van der Waals surface area contributed by atoms with Gasteiger partial charge in [-0.1, -0.05) is 0 Å². The van der Waals surface area contributed by atoms with Crippen LogP contribution in [-0.2, 0) is 14.8 Å². The van der Waals surface area contributed by atoms with Gasteiger partial charge in [0.2, 0.25) is 15.9 Å². The number of amides is 1. The Labute approximate surface area is 144 Å². The summed E-state index contributed by atoms with van der Waals surface area (Å²) < 4.78 is 32.1. The molecular formula is C17H18N2O5S. The highest BCUT2D eigenvalue weighted by Gasteiger charge is 2.36. The summed E-state index contributed by atoms with van der Waals surface area (Å²) >= 11 is 0. The van der Waals surface area contributed by atoms with Crippen LogP contribution >= 0.6 is 0 Å². The number of benzene rings is 1. The van der Waals surface area contributed by atoms with E-state index >= 15 is 0 Å². The minimum atomic E-state index is -3.64. The van der Waals surface area contributed by atoms with Crippen LogP contribution < -0.4 is 5.63 Å². The minimum Gasteiger partial charge on any atom is -0.423 e. The molecule has 1 saturated carbocycles.